The summed E-state index contributed by atoms with van der Waals surface area (Å²) in [5, 5.41) is 15.9. The third-order valence-corrected chi connectivity index (χ3v) is 3.94. The number of sulfonamides is 1. The van der Waals surface area contributed by atoms with Gasteiger partial charge in [0, 0.05) is 6.07 Å². The average Bonchev–Trinajstić information content (AvgIpc) is 2.37. The van der Waals surface area contributed by atoms with Crippen molar-refractivity contribution in [3.63, 3.8) is 0 Å². The second-order valence-corrected chi connectivity index (χ2v) is 6.81. The molecule has 21 heavy (non-hydrogen) atoms. The Kier molecular flexibility index (Phi) is 6.10. The molecule has 0 fully saturated rings. The first-order chi connectivity index (χ1) is 9.70. The van der Waals surface area contributed by atoms with Crippen LogP contribution in [0.5, 0.6) is 5.75 Å². The molecule has 118 valence electrons. The molecular formula is C13H20N2O5S. The van der Waals surface area contributed by atoms with Crippen LogP contribution in [0.2, 0.25) is 0 Å². The summed E-state index contributed by atoms with van der Waals surface area (Å²) in [7, 11) is -3.45. The van der Waals surface area contributed by atoms with Crippen LogP contribution in [0.15, 0.2) is 18.2 Å². The summed E-state index contributed by atoms with van der Waals surface area (Å²) in [6, 6.07) is 4.74. The van der Waals surface area contributed by atoms with E-state index in [0.717, 1.165) is 0 Å². The zero-order valence-electron chi connectivity index (χ0n) is 12.1. The van der Waals surface area contributed by atoms with Crippen LogP contribution in [0.1, 0.15) is 25.3 Å². The molecule has 7 nitrogen and oxygen atoms in total. The molecule has 0 amide bonds. The molecular weight excluding hydrogens is 296 g/mol. The Morgan fingerprint density at radius 3 is 2.62 bits per heavy atom. The van der Waals surface area contributed by atoms with Crippen molar-refractivity contribution in [2.45, 2.75) is 26.7 Å². The Hall–Kier alpha value is -1.67. The Morgan fingerprint density at radius 1 is 1.38 bits per heavy atom. The van der Waals surface area contributed by atoms with Crippen molar-refractivity contribution in [1.29, 1.82) is 0 Å². The highest BCUT2D eigenvalue weighted by Crippen LogP contribution is 2.30. The normalized spacial score (nSPS) is 12.9. The lowest BCUT2D eigenvalue weighted by atomic mass is 10.1. The van der Waals surface area contributed by atoms with Gasteiger partial charge in [0.1, 0.15) is 0 Å². The van der Waals surface area contributed by atoms with Crippen molar-refractivity contribution in [2.75, 3.05) is 12.4 Å². The number of hydrogen-bond donors (Lipinski definition) is 1. The van der Waals surface area contributed by atoms with E-state index >= 15 is 0 Å². The molecule has 0 radical (unpaired) electrons. The summed E-state index contributed by atoms with van der Waals surface area (Å²) in [6.45, 7) is 3.92. The van der Waals surface area contributed by atoms with Crippen LogP contribution < -0.4 is 9.88 Å². The van der Waals surface area contributed by atoms with Crippen LogP contribution in [0.4, 0.5) is 5.69 Å². The van der Waals surface area contributed by atoms with Gasteiger partial charge in [-0.1, -0.05) is 19.1 Å². The van der Waals surface area contributed by atoms with Crippen LogP contribution in [0.25, 0.3) is 0 Å². The number of aryl methyl sites for hydroxylation is 1. The van der Waals surface area contributed by atoms with Gasteiger partial charge in [-0.15, -0.1) is 0 Å². The van der Waals surface area contributed by atoms with Gasteiger partial charge in [0.15, 0.2) is 5.75 Å². The summed E-state index contributed by atoms with van der Waals surface area (Å²) >= 11 is 0. The fourth-order valence-corrected chi connectivity index (χ4v) is 2.57. The van der Waals surface area contributed by atoms with Gasteiger partial charge >= 0.3 is 5.69 Å². The number of primary sulfonamides is 1. The van der Waals surface area contributed by atoms with Crippen molar-refractivity contribution >= 4 is 15.7 Å². The van der Waals surface area contributed by atoms with Crippen molar-refractivity contribution in [1.82, 2.24) is 0 Å². The van der Waals surface area contributed by atoms with Crippen molar-refractivity contribution in [2.24, 2.45) is 11.1 Å². The number of nitro benzene ring substituents is 1. The third kappa shape index (κ3) is 6.09. The predicted molar refractivity (Wildman–Crippen MR) is 79.7 cm³/mol. The summed E-state index contributed by atoms with van der Waals surface area (Å²) in [6.07, 6.45) is 1.04. The number of nitrogens with two attached hydrogens (primary N) is 1. The second-order valence-electron chi connectivity index (χ2n) is 5.08. The van der Waals surface area contributed by atoms with Crippen LogP contribution in [0.3, 0.4) is 0 Å². The molecule has 1 atom stereocenters. The number of nitro groups is 1. The highest BCUT2D eigenvalue weighted by molar-refractivity contribution is 7.89. The minimum Gasteiger partial charge on any atom is -0.487 e. The molecule has 1 aromatic carbocycles. The van der Waals surface area contributed by atoms with Crippen molar-refractivity contribution in [3.05, 3.63) is 33.9 Å². The van der Waals surface area contributed by atoms with Crippen molar-refractivity contribution < 1.29 is 18.1 Å². The Balaban J connectivity index is 2.55. The van der Waals surface area contributed by atoms with E-state index in [4.69, 9.17) is 9.88 Å². The van der Waals surface area contributed by atoms with Gasteiger partial charge in [-0.05, 0) is 31.2 Å². The molecule has 2 N–H and O–H groups in total. The van der Waals surface area contributed by atoms with E-state index in [2.05, 4.69) is 0 Å². The number of nitrogens with zero attached hydrogens (tertiary/aromatic N) is 1. The zero-order valence-corrected chi connectivity index (χ0v) is 12.9. The van der Waals surface area contributed by atoms with Gasteiger partial charge < -0.3 is 4.74 Å². The SMILES string of the molecule is Cc1cccc([N+](=O)[O-])c1OCCC(C)CCS(N)(=O)=O. The van der Waals surface area contributed by atoms with Gasteiger partial charge in [-0.25, -0.2) is 13.6 Å². The van der Waals surface area contributed by atoms with Crippen LogP contribution >= 0.6 is 0 Å². The number of benzene rings is 1. The topological polar surface area (TPSA) is 113 Å². The molecule has 1 aromatic rings. The Labute approximate surface area is 124 Å². The maximum Gasteiger partial charge on any atom is 0.311 e. The van der Waals surface area contributed by atoms with Crippen LogP contribution in [-0.2, 0) is 10.0 Å². The fourth-order valence-electron chi connectivity index (χ4n) is 1.84. The second kappa shape index (κ2) is 7.37. The molecule has 0 aliphatic heterocycles. The van der Waals surface area contributed by atoms with E-state index in [1.807, 2.05) is 6.92 Å². The number of rotatable bonds is 8. The molecule has 0 saturated carbocycles. The lowest BCUT2D eigenvalue weighted by Gasteiger charge is -2.13. The smallest absolute Gasteiger partial charge is 0.311 e. The van der Waals surface area contributed by atoms with Gasteiger partial charge in [0.2, 0.25) is 10.0 Å². The van der Waals surface area contributed by atoms with Gasteiger partial charge in [0.25, 0.3) is 0 Å². The fraction of sp³-hybridized carbons (Fsp3) is 0.538. The van der Waals surface area contributed by atoms with E-state index in [-0.39, 0.29) is 29.7 Å². The molecule has 0 heterocycles. The summed E-state index contributed by atoms with van der Waals surface area (Å²) < 4.78 is 27.2. The molecule has 8 heteroatoms. The van der Waals surface area contributed by atoms with Crippen molar-refractivity contribution in [3.8, 4) is 5.75 Å². The maximum atomic E-state index is 10.9. The van der Waals surface area contributed by atoms with Crippen LogP contribution in [0, 0.1) is 23.0 Å². The predicted octanol–water partition coefficient (Wildman–Crippen LogP) is 1.99. The highest BCUT2D eigenvalue weighted by Gasteiger charge is 2.17. The number of para-hydroxylation sites is 1. The van der Waals surface area contributed by atoms with E-state index in [9.17, 15) is 18.5 Å². The average molecular weight is 316 g/mol. The van der Waals surface area contributed by atoms with Gasteiger partial charge in [-0.3, -0.25) is 10.1 Å². The molecule has 0 aliphatic rings. The molecule has 0 spiro atoms. The lowest BCUT2D eigenvalue weighted by molar-refractivity contribution is -0.385. The summed E-state index contributed by atoms with van der Waals surface area (Å²) in [4.78, 5) is 10.4. The minimum atomic E-state index is -3.45. The first-order valence-electron chi connectivity index (χ1n) is 6.58. The molecule has 0 bridgehead atoms. The molecule has 0 aromatic heterocycles. The monoisotopic (exact) mass is 316 g/mol. The number of ether oxygens (including phenoxy) is 1. The quantitative estimate of drug-likeness (QED) is 0.582. The highest BCUT2D eigenvalue weighted by atomic mass is 32.2. The van der Waals surface area contributed by atoms with E-state index in [1.54, 1.807) is 19.1 Å². The standard InChI is InChI=1S/C13H20N2O5S/c1-10(7-9-21(14,18)19)6-8-20-13-11(2)4-3-5-12(13)15(16)17/h3-5,10H,6-9H2,1-2H3,(H2,14,18,19). The summed E-state index contributed by atoms with van der Waals surface area (Å²) in [5.74, 6) is 0.297. The first kappa shape index (κ1) is 17.4. The number of hydrogen-bond acceptors (Lipinski definition) is 5. The zero-order chi connectivity index (χ0) is 16.0. The third-order valence-electron chi connectivity index (χ3n) is 3.14. The van der Waals surface area contributed by atoms with E-state index in [0.29, 0.717) is 18.4 Å². The molecule has 1 rings (SSSR count). The molecule has 1 unspecified atom stereocenters. The Morgan fingerprint density at radius 2 is 2.05 bits per heavy atom. The first-order valence-corrected chi connectivity index (χ1v) is 8.29. The molecule has 0 aliphatic carbocycles. The summed E-state index contributed by atoms with van der Waals surface area (Å²) in [5.41, 5.74) is 0.633. The van der Waals surface area contributed by atoms with Gasteiger partial charge in [0.05, 0.1) is 17.3 Å². The van der Waals surface area contributed by atoms with E-state index in [1.165, 1.54) is 6.07 Å². The maximum absolute atomic E-state index is 10.9. The molecule has 0 saturated heterocycles. The minimum absolute atomic E-state index is 0.0628. The largest absolute Gasteiger partial charge is 0.487 e. The van der Waals surface area contributed by atoms with Crippen LogP contribution in [-0.4, -0.2) is 25.7 Å². The Bertz CT molecular complexity index is 601. The van der Waals surface area contributed by atoms with E-state index < -0.39 is 14.9 Å². The van der Waals surface area contributed by atoms with Gasteiger partial charge in [-0.2, -0.15) is 0 Å². The lowest BCUT2D eigenvalue weighted by Crippen LogP contribution is -2.19.